The first-order valence-corrected chi connectivity index (χ1v) is 10.1. The van der Waals surface area contributed by atoms with Crippen LogP contribution in [0, 0.1) is 0 Å². The number of hydrogen-bond donors (Lipinski definition) is 2. The van der Waals surface area contributed by atoms with Crippen molar-refractivity contribution < 1.29 is 14.4 Å². The molecule has 0 saturated carbocycles. The molecule has 0 bridgehead atoms. The highest BCUT2D eigenvalue weighted by molar-refractivity contribution is 6.30. The first kappa shape index (κ1) is 22.9. The van der Waals surface area contributed by atoms with E-state index in [9.17, 15) is 19.2 Å². The molecule has 0 aliphatic rings. The predicted molar refractivity (Wildman–Crippen MR) is 123 cm³/mol. The molecule has 1 heterocycles. The average molecular weight is 453 g/mol. The second-order valence-electron chi connectivity index (χ2n) is 7.18. The van der Waals surface area contributed by atoms with Crippen LogP contribution in [0.4, 0.5) is 11.4 Å². The lowest BCUT2D eigenvalue weighted by molar-refractivity contribution is -0.119. The van der Waals surface area contributed by atoms with Crippen molar-refractivity contribution in [3.05, 3.63) is 75.5 Å². The topological polar surface area (TPSA) is 110 Å². The molecule has 0 saturated heterocycles. The first-order valence-electron chi connectivity index (χ1n) is 9.75. The van der Waals surface area contributed by atoms with Crippen molar-refractivity contribution in [2.24, 2.45) is 0 Å². The third-order valence-electron chi connectivity index (χ3n) is 4.69. The molecule has 2 N–H and O–H groups in total. The minimum Gasteiger partial charge on any atom is -0.324 e. The van der Waals surface area contributed by atoms with E-state index >= 15 is 0 Å². The van der Waals surface area contributed by atoms with E-state index in [1.165, 1.54) is 26.8 Å². The summed E-state index contributed by atoms with van der Waals surface area (Å²) in [5, 5.41) is 10.1. The molecule has 2 aromatic carbocycles. The highest BCUT2D eigenvalue weighted by atomic mass is 35.5. The lowest BCUT2D eigenvalue weighted by Gasteiger charge is -2.17. The van der Waals surface area contributed by atoms with Crippen LogP contribution in [0.5, 0.6) is 0 Å². The third-order valence-corrected chi connectivity index (χ3v) is 4.94. The Morgan fingerprint density at radius 1 is 0.969 bits per heavy atom. The molecule has 2 amide bonds. The van der Waals surface area contributed by atoms with Crippen LogP contribution in [0.3, 0.4) is 0 Å². The number of anilines is 2. The maximum atomic E-state index is 12.9. The molecule has 0 radical (unpaired) electrons. The third kappa shape index (κ3) is 5.28. The maximum absolute atomic E-state index is 12.9. The molecular formula is C23H21ClN4O4. The van der Waals surface area contributed by atoms with Crippen LogP contribution in [-0.2, 0) is 9.59 Å². The Morgan fingerprint density at radius 2 is 1.59 bits per heavy atom. The summed E-state index contributed by atoms with van der Waals surface area (Å²) >= 11 is 5.95. The van der Waals surface area contributed by atoms with Gasteiger partial charge in [0, 0.05) is 28.8 Å². The van der Waals surface area contributed by atoms with Gasteiger partial charge in [-0.1, -0.05) is 23.7 Å². The van der Waals surface area contributed by atoms with Gasteiger partial charge in [-0.05, 0) is 56.3 Å². The smallest absolute Gasteiger partial charge is 0.291 e. The van der Waals surface area contributed by atoms with Gasteiger partial charge in [0.15, 0.2) is 5.78 Å². The van der Waals surface area contributed by atoms with Crippen molar-refractivity contribution >= 4 is 40.6 Å². The first-order chi connectivity index (χ1) is 15.2. The molecular weight excluding hydrogens is 432 g/mol. The Bertz CT molecular complexity index is 1230. The molecule has 32 heavy (non-hydrogen) atoms. The van der Waals surface area contributed by atoms with E-state index in [-0.39, 0.29) is 11.5 Å². The van der Waals surface area contributed by atoms with Crippen molar-refractivity contribution in [1.29, 1.82) is 0 Å². The summed E-state index contributed by atoms with van der Waals surface area (Å²) in [5.41, 5.74) is 1.41. The molecule has 3 aromatic rings. The summed E-state index contributed by atoms with van der Waals surface area (Å²) in [6.07, 6.45) is 0. The van der Waals surface area contributed by atoms with Gasteiger partial charge >= 0.3 is 0 Å². The number of carbonyl (C=O) groups excluding carboxylic acids is 3. The van der Waals surface area contributed by atoms with E-state index in [4.69, 9.17) is 11.6 Å². The number of Topliss-reactive ketones (excluding diaryl/α,β-unsaturated/α-hetero) is 1. The van der Waals surface area contributed by atoms with E-state index in [0.29, 0.717) is 27.5 Å². The number of carbonyl (C=O) groups is 3. The molecule has 164 valence electrons. The van der Waals surface area contributed by atoms with Gasteiger partial charge < -0.3 is 10.6 Å². The minimum absolute atomic E-state index is 0.00270. The zero-order valence-corrected chi connectivity index (χ0v) is 18.4. The fourth-order valence-electron chi connectivity index (χ4n) is 2.96. The Balaban J connectivity index is 1.96. The van der Waals surface area contributed by atoms with Gasteiger partial charge in [-0.3, -0.25) is 19.2 Å². The van der Waals surface area contributed by atoms with Crippen molar-refractivity contribution in [3.8, 4) is 11.3 Å². The number of benzene rings is 2. The Kier molecular flexibility index (Phi) is 6.85. The van der Waals surface area contributed by atoms with Gasteiger partial charge in [0.1, 0.15) is 11.7 Å². The largest absolute Gasteiger partial charge is 0.324 e. The highest BCUT2D eigenvalue weighted by Crippen LogP contribution is 2.22. The summed E-state index contributed by atoms with van der Waals surface area (Å²) in [5.74, 6) is -1.00. The van der Waals surface area contributed by atoms with E-state index in [0.717, 1.165) is 4.68 Å². The number of nitrogens with zero attached hydrogens (tertiary/aromatic N) is 2. The van der Waals surface area contributed by atoms with Crippen molar-refractivity contribution in [2.75, 3.05) is 10.6 Å². The van der Waals surface area contributed by atoms with Crippen LogP contribution >= 0.6 is 11.6 Å². The molecule has 0 aliphatic heterocycles. The summed E-state index contributed by atoms with van der Waals surface area (Å²) in [4.78, 5) is 48.7. The van der Waals surface area contributed by atoms with E-state index in [2.05, 4.69) is 15.7 Å². The SMILES string of the molecule is CC(=O)Nc1cc(-c2ccc(Cl)cc2)nn([C@H](C)C(=O)Nc2ccc(C(C)=O)cc2)c1=O. The molecule has 9 heteroatoms. The standard InChI is InChI=1S/C23H21ClN4O4/c1-13(22(31)26-19-10-6-16(7-11-19)14(2)29)28-23(32)21(25-15(3)30)12-20(27-28)17-4-8-18(24)9-5-17/h4-13H,1-3H3,(H,25,30)(H,26,31)/t13-/m1/s1. The monoisotopic (exact) mass is 452 g/mol. The molecule has 3 rings (SSSR count). The van der Waals surface area contributed by atoms with Crippen molar-refractivity contribution in [3.63, 3.8) is 0 Å². The minimum atomic E-state index is -0.991. The molecule has 0 fully saturated rings. The lowest BCUT2D eigenvalue weighted by Crippen LogP contribution is -2.35. The molecule has 0 aliphatic carbocycles. The molecule has 8 nitrogen and oxygen atoms in total. The van der Waals surface area contributed by atoms with Crippen molar-refractivity contribution in [2.45, 2.75) is 26.8 Å². The van der Waals surface area contributed by atoms with E-state index < -0.39 is 23.4 Å². The van der Waals surface area contributed by atoms with Crippen LogP contribution in [0.15, 0.2) is 59.4 Å². The van der Waals surface area contributed by atoms with Gasteiger partial charge in [0.05, 0.1) is 5.69 Å². The van der Waals surface area contributed by atoms with Crippen LogP contribution in [0.25, 0.3) is 11.3 Å². The maximum Gasteiger partial charge on any atom is 0.291 e. The van der Waals surface area contributed by atoms with Gasteiger partial charge in [-0.15, -0.1) is 0 Å². The Hall–Kier alpha value is -3.78. The Labute approximate surface area is 189 Å². The number of rotatable bonds is 6. The van der Waals surface area contributed by atoms with Gasteiger partial charge in [0.2, 0.25) is 11.8 Å². The van der Waals surface area contributed by atoms with Gasteiger partial charge in [-0.25, -0.2) is 4.68 Å². The lowest BCUT2D eigenvalue weighted by atomic mass is 10.1. The molecule has 0 unspecified atom stereocenters. The fourth-order valence-corrected chi connectivity index (χ4v) is 3.09. The van der Waals surface area contributed by atoms with Crippen LogP contribution < -0.4 is 16.2 Å². The molecule has 0 spiro atoms. The average Bonchev–Trinajstić information content (AvgIpc) is 2.75. The summed E-state index contributed by atoms with van der Waals surface area (Å²) in [7, 11) is 0. The second-order valence-corrected chi connectivity index (χ2v) is 7.62. The predicted octanol–water partition coefficient (Wildman–Crippen LogP) is 3.92. The number of nitrogens with one attached hydrogen (secondary N) is 2. The summed E-state index contributed by atoms with van der Waals surface area (Å²) in [6, 6.07) is 13.7. The molecule has 1 aromatic heterocycles. The fraction of sp³-hybridized carbons (Fsp3) is 0.174. The number of aromatic nitrogens is 2. The van der Waals surface area contributed by atoms with Gasteiger partial charge in [-0.2, -0.15) is 5.10 Å². The zero-order valence-electron chi connectivity index (χ0n) is 17.7. The summed E-state index contributed by atoms with van der Waals surface area (Å²) < 4.78 is 1.02. The highest BCUT2D eigenvalue weighted by Gasteiger charge is 2.21. The second kappa shape index (κ2) is 9.57. The van der Waals surface area contributed by atoms with Gasteiger partial charge in [0.25, 0.3) is 5.56 Å². The molecule has 1 atom stereocenters. The number of hydrogen-bond acceptors (Lipinski definition) is 5. The zero-order chi connectivity index (χ0) is 23.4. The number of ketones is 1. The van der Waals surface area contributed by atoms with Crippen LogP contribution in [0.1, 0.15) is 37.2 Å². The number of amides is 2. The quantitative estimate of drug-likeness (QED) is 0.551. The Morgan fingerprint density at radius 3 is 2.16 bits per heavy atom. The van der Waals surface area contributed by atoms with E-state index in [1.807, 2.05) is 0 Å². The van der Waals surface area contributed by atoms with E-state index in [1.54, 1.807) is 48.5 Å². The summed E-state index contributed by atoms with van der Waals surface area (Å²) in [6.45, 7) is 4.26. The number of halogens is 1. The van der Waals surface area contributed by atoms with Crippen LogP contribution in [0.2, 0.25) is 5.02 Å². The normalized spacial score (nSPS) is 11.5. The van der Waals surface area contributed by atoms with Crippen molar-refractivity contribution in [1.82, 2.24) is 9.78 Å². The van der Waals surface area contributed by atoms with Crippen LogP contribution in [-0.4, -0.2) is 27.4 Å².